The standard InChI is InChI=1S/C19H22N6O4/c26-18(14-3-1-2-4-14)22-7-9-23(10-8-22)19(27)15-5-6-16(17(11-15)25(28)29)24-13-20-12-21-24/h5-6,11-14H,1-4,7-10H2. The van der Waals surface area contributed by atoms with E-state index in [4.69, 9.17) is 0 Å². The van der Waals surface area contributed by atoms with Crippen molar-refractivity contribution in [1.29, 1.82) is 0 Å². The molecule has 10 heteroatoms. The normalized spacial score (nSPS) is 17.5. The van der Waals surface area contributed by atoms with E-state index in [-0.39, 0.29) is 34.7 Å². The zero-order valence-electron chi connectivity index (χ0n) is 15.9. The third-order valence-corrected chi connectivity index (χ3v) is 5.67. The van der Waals surface area contributed by atoms with Crippen LogP contribution in [0.25, 0.3) is 5.69 Å². The lowest BCUT2D eigenvalue weighted by atomic mass is 10.1. The van der Waals surface area contributed by atoms with Crippen molar-refractivity contribution in [2.24, 2.45) is 5.92 Å². The van der Waals surface area contributed by atoms with Gasteiger partial charge in [-0.2, -0.15) is 5.10 Å². The van der Waals surface area contributed by atoms with Gasteiger partial charge in [0.25, 0.3) is 11.6 Å². The molecular formula is C19H22N6O4. The predicted molar refractivity (Wildman–Crippen MR) is 102 cm³/mol. The monoisotopic (exact) mass is 398 g/mol. The summed E-state index contributed by atoms with van der Waals surface area (Å²) in [6.45, 7) is 1.85. The Morgan fingerprint density at radius 3 is 2.38 bits per heavy atom. The van der Waals surface area contributed by atoms with Gasteiger partial charge in [0.1, 0.15) is 18.3 Å². The van der Waals surface area contributed by atoms with Gasteiger partial charge in [-0.25, -0.2) is 9.67 Å². The summed E-state index contributed by atoms with van der Waals surface area (Å²) >= 11 is 0. The van der Waals surface area contributed by atoms with E-state index in [1.54, 1.807) is 11.0 Å². The van der Waals surface area contributed by atoms with Crippen molar-refractivity contribution in [1.82, 2.24) is 24.6 Å². The summed E-state index contributed by atoms with van der Waals surface area (Å²) in [5, 5.41) is 15.4. The van der Waals surface area contributed by atoms with Crippen molar-refractivity contribution >= 4 is 17.5 Å². The maximum atomic E-state index is 12.9. The number of aromatic nitrogens is 3. The first-order valence-electron chi connectivity index (χ1n) is 9.76. The van der Waals surface area contributed by atoms with Gasteiger partial charge >= 0.3 is 0 Å². The number of carbonyl (C=O) groups is 2. The Morgan fingerprint density at radius 1 is 1.07 bits per heavy atom. The van der Waals surface area contributed by atoms with E-state index >= 15 is 0 Å². The van der Waals surface area contributed by atoms with E-state index in [1.165, 1.54) is 29.5 Å². The van der Waals surface area contributed by atoms with E-state index in [9.17, 15) is 19.7 Å². The summed E-state index contributed by atoms with van der Waals surface area (Å²) in [6.07, 6.45) is 6.79. The SMILES string of the molecule is O=C(c1ccc(-n2cncn2)c([N+](=O)[O-])c1)N1CCN(C(=O)C2CCCC2)CC1. The molecule has 0 N–H and O–H groups in total. The van der Waals surface area contributed by atoms with Gasteiger partial charge in [-0.15, -0.1) is 0 Å². The highest BCUT2D eigenvalue weighted by Crippen LogP contribution is 2.27. The van der Waals surface area contributed by atoms with E-state index in [0.29, 0.717) is 26.2 Å². The van der Waals surface area contributed by atoms with Crippen LogP contribution in [0.15, 0.2) is 30.9 Å². The lowest BCUT2D eigenvalue weighted by Crippen LogP contribution is -2.51. The van der Waals surface area contributed by atoms with Crippen molar-refractivity contribution in [3.8, 4) is 5.69 Å². The number of hydrogen-bond acceptors (Lipinski definition) is 6. The van der Waals surface area contributed by atoms with Crippen molar-refractivity contribution in [2.75, 3.05) is 26.2 Å². The summed E-state index contributed by atoms with van der Waals surface area (Å²) in [4.78, 5) is 43.7. The number of nitro benzene ring substituents is 1. The molecule has 0 atom stereocenters. The van der Waals surface area contributed by atoms with Crippen LogP contribution >= 0.6 is 0 Å². The maximum absolute atomic E-state index is 12.9. The number of piperazine rings is 1. The molecule has 1 saturated carbocycles. The fourth-order valence-electron chi connectivity index (χ4n) is 4.07. The van der Waals surface area contributed by atoms with Crippen molar-refractivity contribution in [2.45, 2.75) is 25.7 Å². The molecule has 2 amide bonds. The fourth-order valence-corrected chi connectivity index (χ4v) is 4.07. The van der Waals surface area contributed by atoms with Gasteiger partial charge in [0.2, 0.25) is 5.91 Å². The van der Waals surface area contributed by atoms with Crippen molar-refractivity contribution in [3.63, 3.8) is 0 Å². The van der Waals surface area contributed by atoms with Gasteiger partial charge in [0.05, 0.1) is 4.92 Å². The third-order valence-electron chi connectivity index (χ3n) is 5.67. The molecule has 0 unspecified atom stereocenters. The van der Waals surface area contributed by atoms with Crippen LogP contribution in [0.3, 0.4) is 0 Å². The molecule has 1 aromatic carbocycles. The lowest BCUT2D eigenvalue weighted by molar-refractivity contribution is -0.384. The Morgan fingerprint density at radius 2 is 1.76 bits per heavy atom. The van der Waals surface area contributed by atoms with Crippen LogP contribution in [-0.2, 0) is 4.79 Å². The predicted octanol–water partition coefficient (Wildman–Crippen LogP) is 1.65. The van der Waals surface area contributed by atoms with Crippen molar-refractivity contribution < 1.29 is 14.5 Å². The first-order valence-corrected chi connectivity index (χ1v) is 9.76. The Kier molecular flexibility index (Phi) is 5.24. The van der Waals surface area contributed by atoms with Gasteiger partial charge in [-0.05, 0) is 25.0 Å². The molecule has 2 aliphatic rings. The second-order valence-electron chi connectivity index (χ2n) is 7.40. The Labute approximate surface area is 167 Å². The van der Waals surface area contributed by atoms with Crippen LogP contribution in [0.2, 0.25) is 0 Å². The summed E-state index contributed by atoms with van der Waals surface area (Å²) in [5.41, 5.74) is 0.281. The summed E-state index contributed by atoms with van der Waals surface area (Å²) in [7, 11) is 0. The number of amides is 2. The molecule has 2 heterocycles. The van der Waals surface area contributed by atoms with Gasteiger partial charge in [-0.3, -0.25) is 19.7 Å². The van der Waals surface area contributed by atoms with Gasteiger partial charge in [0, 0.05) is 43.7 Å². The van der Waals surface area contributed by atoms with Crippen LogP contribution in [0.1, 0.15) is 36.0 Å². The molecule has 2 aromatic rings. The Hall–Kier alpha value is -3.30. The topological polar surface area (TPSA) is 114 Å². The molecule has 1 aliphatic heterocycles. The fraction of sp³-hybridized carbons (Fsp3) is 0.474. The molecule has 1 saturated heterocycles. The Bertz CT molecular complexity index is 915. The molecular weight excluding hydrogens is 376 g/mol. The summed E-state index contributed by atoms with van der Waals surface area (Å²) in [5.74, 6) is 0.0536. The lowest BCUT2D eigenvalue weighted by Gasteiger charge is -2.36. The minimum Gasteiger partial charge on any atom is -0.339 e. The van der Waals surface area contributed by atoms with E-state index < -0.39 is 4.92 Å². The minimum absolute atomic E-state index is 0.129. The highest BCUT2D eigenvalue weighted by Gasteiger charge is 2.31. The van der Waals surface area contributed by atoms with Gasteiger partial charge in [-0.1, -0.05) is 12.8 Å². The molecule has 10 nitrogen and oxygen atoms in total. The summed E-state index contributed by atoms with van der Waals surface area (Å²) < 4.78 is 1.29. The number of nitrogens with zero attached hydrogens (tertiary/aromatic N) is 6. The van der Waals surface area contributed by atoms with Crippen LogP contribution in [0.4, 0.5) is 5.69 Å². The minimum atomic E-state index is -0.536. The van der Waals surface area contributed by atoms with E-state index in [1.807, 2.05) is 4.90 Å². The molecule has 29 heavy (non-hydrogen) atoms. The number of hydrogen-bond donors (Lipinski definition) is 0. The number of rotatable bonds is 4. The first-order chi connectivity index (χ1) is 14.0. The second kappa shape index (κ2) is 7.98. The van der Waals surface area contributed by atoms with Crippen molar-refractivity contribution in [3.05, 3.63) is 46.5 Å². The molecule has 4 rings (SSSR count). The summed E-state index contributed by atoms with van der Waals surface area (Å²) in [6, 6.07) is 4.33. The quantitative estimate of drug-likeness (QED) is 0.571. The highest BCUT2D eigenvalue weighted by atomic mass is 16.6. The maximum Gasteiger partial charge on any atom is 0.295 e. The molecule has 2 fully saturated rings. The molecule has 152 valence electrons. The molecule has 0 bridgehead atoms. The van der Waals surface area contributed by atoms with Crippen LogP contribution in [0, 0.1) is 16.0 Å². The van der Waals surface area contributed by atoms with E-state index in [0.717, 1.165) is 25.7 Å². The highest BCUT2D eigenvalue weighted by molar-refractivity contribution is 5.95. The Balaban J connectivity index is 1.45. The smallest absolute Gasteiger partial charge is 0.295 e. The average molecular weight is 398 g/mol. The molecule has 1 aliphatic carbocycles. The molecule has 1 aromatic heterocycles. The zero-order chi connectivity index (χ0) is 20.4. The number of carbonyl (C=O) groups excluding carboxylic acids is 2. The zero-order valence-corrected chi connectivity index (χ0v) is 15.9. The van der Waals surface area contributed by atoms with E-state index in [2.05, 4.69) is 10.1 Å². The number of benzene rings is 1. The van der Waals surface area contributed by atoms with Gasteiger partial charge < -0.3 is 9.80 Å². The average Bonchev–Trinajstić information content (AvgIpc) is 3.46. The van der Waals surface area contributed by atoms with Crippen LogP contribution in [-0.4, -0.2) is 67.5 Å². The second-order valence-corrected chi connectivity index (χ2v) is 7.40. The first kappa shape index (κ1) is 19.0. The molecule has 0 spiro atoms. The largest absolute Gasteiger partial charge is 0.339 e. The van der Waals surface area contributed by atoms with Crippen LogP contribution < -0.4 is 0 Å². The van der Waals surface area contributed by atoms with Gasteiger partial charge in [0.15, 0.2) is 0 Å². The number of nitro groups is 1. The third kappa shape index (κ3) is 3.82. The molecule has 0 radical (unpaired) electrons. The van der Waals surface area contributed by atoms with Crippen LogP contribution in [0.5, 0.6) is 0 Å².